The van der Waals surface area contributed by atoms with Crippen LogP contribution in [0.4, 0.5) is 14.5 Å². The molecule has 1 atom stereocenters. The number of anilines is 1. The molecule has 0 saturated carbocycles. The highest BCUT2D eigenvalue weighted by Crippen LogP contribution is 2.25. The van der Waals surface area contributed by atoms with Crippen molar-refractivity contribution < 1.29 is 18.7 Å². The zero-order valence-electron chi connectivity index (χ0n) is 11.6. The van der Waals surface area contributed by atoms with E-state index in [1.807, 2.05) is 7.05 Å². The molecule has 1 aromatic rings. The second kappa shape index (κ2) is 5.75. The van der Waals surface area contributed by atoms with Gasteiger partial charge < -0.3 is 14.9 Å². The summed E-state index contributed by atoms with van der Waals surface area (Å²) in [6.45, 7) is 2.56. The maximum absolute atomic E-state index is 13.9. The topological polar surface area (TPSA) is 43.8 Å². The molecule has 1 aliphatic heterocycles. The van der Waals surface area contributed by atoms with Gasteiger partial charge in [-0.2, -0.15) is 0 Å². The molecule has 1 saturated heterocycles. The highest BCUT2D eigenvalue weighted by molar-refractivity contribution is 5.88. The molecule has 20 heavy (non-hydrogen) atoms. The van der Waals surface area contributed by atoms with Crippen LogP contribution in [0, 0.1) is 17.6 Å². The standard InChI is InChI=1S/C14H18F2N2O2/c1-17-6-5-9(7-17)8-18(2)11-4-3-10(14(19)20)12(15)13(11)16/h3-4,9H,5-8H2,1-2H3,(H,19,20). The van der Waals surface area contributed by atoms with E-state index in [0.29, 0.717) is 12.5 Å². The van der Waals surface area contributed by atoms with E-state index < -0.39 is 23.2 Å². The summed E-state index contributed by atoms with van der Waals surface area (Å²) in [7, 11) is 3.72. The molecule has 1 heterocycles. The predicted molar refractivity (Wildman–Crippen MR) is 72.2 cm³/mol. The SMILES string of the molecule is CN1CCC(CN(C)c2ccc(C(=O)O)c(F)c2F)C1. The molecule has 4 nitrogen and oxygen atoms in total. The average molecular weight is 284 g/mol. The van der Waals surface area contributed by atoms with E-state index in [9.17, 15) is 13.6 Å². The fraction of sp³-hybridized carbons (Fsp3) is 0.500. The lowest BCUT2D eigenvalue weighted by Crippen LogP contribution is -2.28. The molecule has 1 aromatic carbocycles. The zero-order chi connectivity index (χ0) is 14.9. The lowest BCUT2D eigenvalue weighted by molar-refractivity contribution is 0.0690. The molecule has 0 bridgehead atoms. The molecule has 2 rings (SSSR count). The van der Waals surface area contributed by atoms with Crippen LogP contribution in [0.2, 0.25) is 0 Å². The van der Waals surface area contributed by atoms with Crippen LogP contribution in [0.15, 0.2) is 12.1 Å². The van der Waals surface area contributed by atoms with E-state index >= 15 is 0 Å². The first kappa shape index (κ1) is 14.7. The Labute approximate surface area is 116 Å². The second-order valence-electron chi connectivity index (χ2n) is 5.36. The smallest absolute Gasteiger partial charge is 0.338 e. The minimum Gasteiger partial charge on any atom is -0.478 e. The minimum absolute atomic E-state index is 0.0991. The summed E-state index contributed by atoms with van der Waals surface area (Å²) >= 11 is 0. The normalized spacial score (nSPS) is 19.3. The summed E-state index contributed by atoms with van der Waals surface area (Å²) < 4.78 is 27.6. The number of aromatic carboxylic acids is 1. The number of benzene rings is 1. The Morgan fingerprint density at radius 3 is 2.70 bits per heavy atom. The van der Waals surface area contributed by atoms with E-state index in [1.165, 1.54) is 6.07 Å². The van der Waals surface area contributed by atoms with E-state index in [1.54, 1.807) is 11.9 Å². The Bertz CT molecular complexity index is 522. The number of carbonyl (C=O) groups is 1. The summed E-state index contributed by atoms with van der Waals surface area (Å²) in [6.07, 6.45) is 1.03. The number of likely N-dealkylation sites (tertiary alicyclic amines) is 1. The van der Waals surface area contributed by atoms with E-state index in [2.05, 4.69) is 4.90 Å². The van der Waals surface area contributed by atoms with Crippen LogP contribution in [0.5, 0.6) is 0 Å². The van der Waals surface area contributed by atoms with Crippen molar-refractivity contribution in [2.24, 2.45) is 5.92 Å². The highest BCUT2D eigenvalue weighted by Gasteiger charge is 2.24. The monoisotopic (exact) mass is 284 g/mol. The van der Waals surface area contributed by atoms with Gasteiger partial charge in [0.25, 0.3) is 0 Å². The molecule has 0 aliphatic carbocycles. The number of nitrogens with zero attached hydrogens (tertiary/aromatic N) is 2. The van der Waals surface area contributed by atoms with E-state index in [4.69, 9.17) is 5.11 Å². The molecular formula is C14H18F2N2O2. The molecular weight excluding hydrogens is 266 g/mol. The fourth-order valence-electron chi connectivity index (χ4n) is 2.66. The number of carboxylic acid groups (broad SMARTS) is 1. The summed E-state index contributed by atoms with van der Waals surface area (Å²) in [4.78, 5) is 14.6. The molecule has 0 spiro atoms. The van der Waals surface area contributed by atoms with Gasteiger partial charge in [0.1, 0.15) is 0 Å². The third-order valence-electron chi connectivity index (χ3n) is 3.72. The summed E-state index contributed by atoms with van der Waals surface area (Å²) in [5.74, 6) is -3.45. The van der Waals surface area contributed by atoms with Crippen LogP contribution in [-0.4, -0.2) is 49.7 Å². The molecule has 1 aliphatic rings. The highest BCUT2D eigenvalue weighted by atomic mass is 19.2. The van der Waals surface area contributed by atoms with Gasteiger partial charge in [0.05, 0.1) is 11.3 Å². The van der Waals surface area contributed by atoms with Gasteiger partial charge in [-0.15, -0.1) is 0 Å². The molecule has 110 valence electrons. The van der Waals surface area contributed by atoms with Crippen LogP contribution in [0.1, 0.15) is 16.8 Å². The van der Waals surface area contributed by atoms with Gasteiger partial charge in [-0.1, -0.05) is 0 Å². The van der Waals surface area contributed by atoms with Crippen LogP contribution < -0.4 is 4.90 Å². The lowest BCUT2D eigenvalue weighted by atomic mass is 10.1. The van der Waals surface area contributed by atoms with Crippen molar-refractivity contribution in [3.8, 4) is 0 Å². The second-order valence-corrected chi connectivity index (χ2v) is 5.36. The number of hydrogen-bond acceptors (Lipinski definition) is 3. The van der Waals surface area contributed by atoms with E-state index in [-0.39, 0.29) is 5.69 Å². The van der Waals surface area contributed by atoms with Crippen LogP contribution in [0.3, 0.4) is 0 Å². The van der Waals surface area contributed by atoms with Gasteiger partial charge in [-0.3, -0.25) is 0 Å². The first-order valence-electron chi connectivity index (χ1n) is 6.51. The largest absolute Gasteiger partial charge is 0.478 e. The Balaban J connectivity index is 2.16. The van der Waals surface area contributed by atoms with Gasteiger partial charge >= 0.3 is 5.97 Å². The van der Waals surface area contributed by atoms with Crippen molar-refractivity contribution in [3.63, 3.8) is 0 Å². The number of halogens is 2. The Kier molecular flexibility index (Phi) is 4.23. The van der Waals surface area contributed by atoms with Gasteiger partial charge in [-0.25, -0.2) is 13.6 Å². The van der Waals surface area contributed by atoms with Crippen LogP contribution in [-0.2, 0) is 0 Å². The predicted octanol–water partition coefficient (Wildman–Crippen LogP) is 2.05. The third kappa shape index (κ3) is 2.90. The Morgan fingerprint density at radius 1 is 1.45 bits per heavy atom. The zero-order valence-corrected chi connectivity index (χ0v) is 11.6. The Hall–Kier alpha value is -1.69. The molecule has 0 radical (unpaired) electrons. The van der Waals surface area contributed by atoms with Crippen LogP contribution >= 0.6 is 0 Å². The van der Waals surface area contributed by atoms with Crippen molar-refractivity contribution in [1.29, 1.82) is 0 Å². The molecule has 1 N–H and O–H groups in total. The fourth-order valence-corrected chi connectivity index (χ4v) is 2.66. The van der Waals surface area contributed by atoms with Crippen molar-refractivity contribution >= 4 is 11.7 Å². The third-order valence-corrected chi connectivity index (χ3v) is 3.72. The summed E-state index contributed by atoms with van der Waals surface area (Å²) in [5, 5.41) is 8.75. The maximum Gasteiger partial charge on any atom is 0.338 e. The average Bonchev–Trinajstić information content (AvgIpc) is 2.77. The van der Waals surface area contributed by atoms with Crippen molar-refractivity contribution in [2.45, 2.75) is 6.42 Å². The summed E-state index contributed by atoms with van der Waals surface area (Å²) in [6, 6.07) is 2.42. The lowest BCUT2D eigenvalue weighted by Gasteiger charge is -2.24. The maximum atomic E-state index is 13.9. The van der Waals surface area contributed by atoms with Gasteiger partial charge in [0.2, 0.25) is 0 Å². The van der Waals surface area contributed by atoms with Gasteiger partial charge in [0.15, 0.2) is 11.6 Å². The first-order valence-corrected chi connectivity index (χ1v) is 6.51. The summed E-state index contributed by atoms with van der Waals surface area (Å²) in [5.41, 5.74) is -0.540. The quantitative estimate of drug-likeness (QED) is 0.919. The number of hydrogen-bond donors (Lipinski definition) is 1. The van der Waals surface area contributed by atoms with Crippen molar-refractivity contribution in [2.75, 3.05) is 38.6 Å². The molecule has 1 unspecified atom stereocenters. The molecule has 1 fully saturated rings. The molecule has 0 amide bonds. The molecule has 0 aromatic heterocycles. The number of rotatable bonds is 4. The minimum atomic E-state index is -1.46. The van der Waals surface area contributed by atoms with Gasteiger partial charge in [-0.05, 0) is 38.1 Å². The van der Waals surface area contributed by atoms with Crippen molar-refractivity contribution in [1.82, 2.24) is 4.90 Å². The first-order chi connectivity index (χ1) is 9.40. The Morgan fingerprint density at radius 2 is 2.15 bits per heavy atom. The molecule has 6 heteroatoms. The van der Waals surface area contributed by atoms with Crippen molar-refractivity contribution in [3.05, 3.63) is 29.3 Å². The van der Waals surface area contributed by atoms with E-state index in [0.717, 1.165) is 25.6 Å². The number of carboxylic acids is 1. The van der Waals surface area contributed by atoms with Gasteiger partial charge in [0, 0.05) is 20.1 Å². The van der Waals surface area contributed by atoms with Crippen LogP contribution in [0.25, 0.3) is 0 Å².